The second-order valence-electron chi connectivity index (χ2n) is 7.37. The molecule has 2 aliphatic heterocycles. The van der Waals surface area contributed by atoms with Gasteiger partial charge < -0.3 is 19.9 Å². The maximum Gasteiger partial charge on any atom is 0.257 e. The van der Waals surface area contributed by atoms with E-state index in [-0.39, 0.29) is 35.8 Å². The normalized spacial score (nSPS) is 29.0. The van der Waals surface area contributed by atoms with Crippen LogP contribution in [0.5, 0.6) is 0 Å². The first-order valence-electron chi connectivity index (χ1n) is 9.01. The van der Waals surface area contributed by atoms with E-state index in [1.165, 1.54) is 6.20 Å². The summed E-state index contributed by atoms with van der Waals surface area (Å²) >= 11 is 0. The number of nitrogen functional groups attached to an aromatic ring is 1. The minimum absolute atomic E-state index is 0.0879. The standard InChI is InChI=1S/C19H24N4O4/c1-19(2)26-15-13(10-25-9-11-6-4-3-5-7-11)22-14(16(15)27-19)12-8-21-18(20)23-17(12)24/h3-8,13-16,22H,9-10H2,1-2H3,(H3,20,21,23,24)/t13-,14+,15-,16+/m1/s1. The predicted octanol–water partition coefficient (Wildman–Crippen LogP) is 1.10. The van der Waals surface area contributed by atoms with E-state index < -0.39 is 5.79 Å². The van der Waals surface area contributed by atoms with Crippen LogP contribution in [0.15, 0.2) is 41.3 Å². The van der Waals surface area contributed by atoms with Crippen LogP contribution in [-0.2, 0) is 20.8 Å². The van der Waals surface area contributed by atoms with Crippen molar-refractivity contribution in [2.75, 3.05) is 12.3 Å². The van der Waals surface area contributed by atoms with E-state index in [1.807, 2.05) is 44.2 Å². The molecule has 0 aliphatic carbocycles. The van der Waals surface area contributed by atoms with Crippen LogP contribution < -0.4 is 16.6 Å². The van der Waals surface area contributed by atoms with Crippen molar-refractivity contribution in [3.05, 3.63) is 58.0 Å². The second kappa shape index (κ2) is 7.05. The smallest absolute Gasteiger partial charge is 0.257 e. The molecule has 0 unspecified atom stereocenters. The third-order valence-electron chi connectivity index (χ3n) is 4.87. The first kappa shape index (κ1) is 18.1. The van der Waals surface area contributed by atoms with Gasteiger partial charge in [-0.05, 0) is 19.4 Å². The largest absolute Gasteiger partial charge is 0.375 e. The Morgan fingerprint density at radius 2 is 1.96 bits per heavy atom. The zero-order chi connectivity index (χ0) is 19.0. The van der Waals surface area contributed by atoms with Crippen LogP contribution in [0.25, 0.3) is 0 Å². The Hall–Kier alpha value is -2.26. The number of benzene rings is 1. The van der Waals surface area contributed by atoms with E-state index in [0.29, 0.717) is 18.8 Å². The van der Waals surface area contributed by atoms with Crippen molar-refractivity contribution in [3.63, 3.8) is 0 Å². The number of nitrogens with zero attached hydrogens (tertiary/aromatic N) is 1. The van der Waals surface area contributed by atoms with Crippen LogP contribution >= 0.6 is 0 Å². The Bertz CT molecular complexity index is 854. The molecule has 144 valence electrons. The minimum atomic E-state index is -0.721. The molecule has 0 spiro atoms. The van der Waals surface area contributed by atoms with Gasteiger partial charge in [0.05, 0.1) is 30.9 Å². The average Bonchev–Trinajstić information content (AvgIpc) is 3.10. The highest BCUT2D eigenvalue weighted by Crippen LogP contribution is 2.40. The molecule has 0 bridgehead atoms. The van der Waals surface area contributed by atoms with E-state index in [0.717, 1.165) is 5.56 Å². The Labute approximate surface area is 157 Å². The minimum Gasteiger partial charge on any atom is -0.375 e. The zero-order valence-corrected chi connectivity index (χ0v) is 15.3. The quantitative estimate of drug-likeness (QED) is 0.721. The summed E-state index contributed by atoms with van der Waals surface area (Å²) in [5, 5.41) is 3.42. The molecular weight excluding hydrogens is 348 g/mol. The summed E-state index contributed by atoms with van der Waals surface area (Å²) in [7, 11) is 0. The van der Waals surface area contributed by atoms with Gasteiger partial charge in [0.1, 0.15) is 12.2 Å². The lowest BCUT2D eigenvalue weighted by atomic mass is 10.0. The summed E-state index contributed by atoms with van der Waals surface area (Å²) in [6, 6.07) is 9.52. The molecule has 2 aliphatic rings. The molecule has 8 heteroatoms. The molecule has 8 nitrogen and oxygen atoms in total. The first-order valence-corrected chi connectivity index (χ1v) is 9.01. The molecule has 2 fully saturated rings. The van der Waals surface area contributed by atoms with Gasteiger partial charge in [0.15, 0.2) is 11.7 Å². The average molecular weight is 372 g/mol. The summed E-state index contributed by atoms with van der Waals surface area (Å²) in [5.74, 6) is -0.633. The van der Waals surface area contributed by atoms with Gasteiger partial charge in [-0.2, -0.15) is 0 Å². The number of hydrogen-bond acceptors (Lipinski definition) is 7. The van der Waals surface area contributed by atoms with E-state index in [9.17, 15) is 4.79 Å². The molecule has 0 radical (unpaired) electrons. The second-order valence-corrected chi connectivity index (χ2v) is 7.37. The van der Waals surface area contributed by atoms with Crippen molar-refractivity contribution in [1.82, 2.24) is 15.3 Å². The molecule has 0 amide bonds. The number of nitrogens with two attached hydrogens (primary N) is 1. The Balaban J connectivity index is 1.50. The topological polar surface area (TPSA) is 111 Å². The summed E-state index contributed by atoms with van der Waals surface area (Å²) in [6.45, 7) is 4.69. The van der Waals surface area contributed by atoms with Crippen LogP contribution in [0, 0.1) is 0 Å². The number of hydrogen-bond donors (Lipinski definition) is 3. The van der Waals surface area contributed by atoms with Crippen LogP contribution in [0.1, 0.15) is 31.0 Å². The number of ether oxygens (including phenoxy) is 3. The zero-order valence-electron chi connectivity index (χ0n) is 15.3. The molecule has 1 aromatic carbocycles. The summed E-state index contributed by atoms with van der Waals surface area (Å²) < 4.78 is 18.0. The molecule has 4 rings (SSSR count). The van der Waals surface area contributed by atoms with Crippen molar-refractivity contribution >= 4 is 5.95 Å². The number of fused-ring (bicyclic) bond motifs is 1. The molecule has 0 saturated carbocycles. The third kappa shape index (κ3) is 3.74. The predicted molar refractivity (Wildman–Crippen MR) is 98.9 cm³/mol. The molecule has 4 atom stereocenters. The fraction of sp³-hybridized carbons (Fsp3) is 0.474. The number of aromatic amines is 1. The highest BCUT2D eigenvalue weighted by molar-refractivity contribution is 5.24. The third-order valence-corrected chi connectivity index (χ3v) is 4.87. The Kier molecular flexibility index (Phi) is 4.73. The van der Waals surface area contributed by atoms with Gasteiger partial charge in [-0.3, -0.25) is 15.1 Å². The molecule has 27 heavy (non-hydrogen) atoms. The van der Waals surface area contributed by atoms with E-state index in [1.54, 1.807) is 0 Å². The van der Waals surface area contributed by atoms with Gasteiger partial charge in [0, 0.05) is 6.20 Å². The summed E-state index contributed by atoms with van der Waals surface area (Å²) in [4.78, 5) is 18.9. The maximum atomic E-state index is 12.3. The molecule has 4 N–H and O–H groups in total. The van der Waals surface area contributed by atoms with E-state index in [2.05, 4.69) is 15.3 Å². The number of rotatable bonds is 5. The fourth-order valence-electron chi connectivity index (χ4n) is 3.73. The summed E-state index contributed by atoms with van der Waals surface area (Å²) in [5.41, 5.74) is 6.86. The molecule has 3 heterocycles. The first-order chi connectivity index (χ1) is 12.9. The number of anilines is 1. The van der Waals surface area contributed by atoms with Gasteiger partial charge in [-0.15, -0.1) is 0 Å². The molecule has 2 aromatic rings. The van der Waals surface area contributed by atoms with Gasteiger partial charge in [-0.1, -0.05) is 30.3 Å². The van der Waals surface area contributed by atoms with E-state index in [4.69, 9.17) is 19.9 Å². The van der Waals surface area contributed by atoms with Crippen LogP contribution in [0.4, 0.5) is 5.95 Å². The van der Waals surface area contributed by atoms with E-state index >= 15 is 0 Å². The lowest BCUT2D eigenvalue weighted by Crippen LogP contribution is -2.39. The van der Waals surface area contributed by atoms with Crippen LogP contribution in [0.3, 0.4) is 0 Å². The molecule has 1 aromatic heterocycles. The van der Waals surface area contributed by atoms with Gasteiger partial charge in [0.25, 0.3) is 5.56 Å². The monoisotopic (exact) mass is 372 g/mol. The summed E-state index contributed by atoms with van der Waals surface area (Å²) in [6.07, 6.45) is 0.958. The Morgan fingerprint density at radius 3 is 2.70 bits per heavy atom. The number of aromatic nitrogens is 2. The number of H-pyrrole nitrogens is 1. The number of nitrogens with one attached hydrogen (secondary N) is 2. The van der Waals surface area contributed by atoms with Gasteiger partial charge in [0.2, 0.25) is 0 Å². The highest BCUT2D eigenvalue weighted by Gasteiger charge is 2.54. The molecular formula is C19H24N4O4. The maximum absolute atomic E-state index is 12.3. The van der Waals surface area contributed by atoms with Crippen LogP contribution in [-0.4, -0.2) is 40.6 Å². The lowest BCUT2D eigenvalue weighted by molar-refractivity contribution is -0.158. The SMILES string of the molecule is CC1(C)O[C@@H]2[C@H](O1)[C@@H](COCc1ccccc1)N[C@H]2c1cnc(N)[nH]c1=O. The fourth-order valence-corrected chi connectivity index (χ4v) is 3.73. The van der Waals surface area contributed by atoms with Crippen molar-refractivity contribution in [1.29, 1.82) is 0 Å². The molecule has 2 saturated heterocycles. The van der Waals surface area contributed by atoms with Crippen LogP contribution in [0.2, 0.25) is 0 Å². The van der Waals surface area contributed by atoms with Crippen molar-refractivity contribution in [3.8, 4) is 0 Å². The lowest BCUT2D eigenvalue weighted by Gasteiger charge is -2.24. The van der Waals surface area contributed by atoms with Gasteiger partial charge in [-0.25, -0.2) is 4.98 Å². The van der Waals surface area contributed by atoms with Gasteiger partial charge >= 0.3 is 0 Å². The van der Waals surface area contributed by atoms with Crippen molar-refractivity contribution in [2.45, 2.75) is 50.5 Å². The Morgan fingerprint density at radius 1 is 1.22 bits per heavy atom. The van der Waals surface area contributed by atoms with Crippen molar-refractivity contribution < 1.29 is 14.2 Å². The highest BCUT2D eigenvalue weighted by atomic mass is 16.8. The van der Waals surface area contributed by atoms with Crippen molar-refractivity contribution in [2.24, 2.45) is 0 Å².